The molecule has 2 aliphatic rings. The zero-order valence-corrected chi connectivity index (χ0v) is 15.5. The summed E-state index contributed by atoms with van der Waals surface area (Å²) in [5.41, 5.74) is 3.04. The third-order valence-electron chi connectivity index (χ3n) is 6.39. The third-order valence-corrected chi connectivity index (χ3v) is 6.39. The molecular weight excluding hydrogens is 334 g/mol. The van der Waals surface area contributed by atoms with Gasteiger partial charge in [-0.15, -0.1) is 0 Å². The molecule has 138 valence electrons. The number of pyridine rings is 1. The fourth-order valence-corrected chi connectivity index (χ4v) is 5.04. The Bertz CT molecular complexity index is 934. The second-order valence-electron chi connectivity index (χ2n) is 8.04. The average Bonchev–Trinajstić information content (AvgIpc) is 3.16. The van der Waals surface area contributed by atoms with Crippen molar-refractivity contribution in [1.29, 1.82) is 0 Å². The van der Waals surface area contributed by atoms with Crippen molar-refractivity contribution in [3.8, 4) is 0 Å². The van der Waals surface area contributed by atoms with Crippen molar-refractivity contribution in [3.63, 3.8) is 0 Å². The van der Waals surface area contributed by atoms with E-state index in [2.05, 4.69) is 40.2 Å². The first kappa shape index (κ1) is 16.7. The summed E-state index contributed by atoms with van der Waals surface area (Å²) >= 11 is 0. The molecular formula is C23H25N3O. The van der Waals surface area contributed by atoms with Crippen LogP contribution in [-0.4, -0.2) is 32.2 Å². The number of Topliss-reactive ketones (excluding diaryl/α,β-unsaturated/α-hetero) is 1. The molecule has 2 fully saturated rings. The smallest absolute Gasteiger partial charge is 0.166 e. The summed E-state index contributed by atoms with van der Waals surface area (Å²) in [7, 11) is 0. The van der Waals surface area contributed by atoms with Crippen molar-refractivity contribution in [2.75, 3.05) is 0 Å². The van der Waals surface area contributed by atoms with E-state index >= 15 is 0 Å². The molecule has 0 amide bonds. The Hall–Kier alpha value is -2.46. The van der Waals surface area contributed by atoms with Gasteiger partial charge in [0.2, 0.25) is 0 Å². The van der Waals surface area contributed by atoms with Gasteiger partial charge >= 0.3 is 0 Å². The Labute approximate surface area is 159 Å². The summed E-state index contributed by atoms with van der Waals surface area (Å²) < 4.78 is 1.95. The van der Waals surface area contributed by atoms with E-state index in [1.54, 1.807) is 6.20 Å². The van der Waals surface area contributed by atoms with Crippen LogP contribution in [-0.2, 0) is 6.54 Å². The maximum Gasteiger partial charge on any atom is 0.166 e. The number of benzene rings is 1. The average molecular weight is 359 g/mol. The summed E-state index contributed by atoms with van der Waals surface area (Å²) in [5.74, 6) is 0.446. The standard InChI is InChI=1S/C23H25N3O/c27-23(18-9-11-25-12-10-24-22(25)15-18)19-13-20-7-4-8-21(14-19)26(20)16-17-5-2-1-3-6-17/h1-3,5-6,9-12,15,19-21H,4,7-8,13-14,16H2. The maximum absolute atomic E-state index is 13.2. The Kier molecular flexibility index (Phi) is 4.29. The second kappa shape index (κ2) is 6.93. The molecule has 5 rings (SSSR count). The molecule has 2 unspecified atom stereocenters. The molecule has 2 aromatic heterocycles. The van der Waals surface area contributed by atoms with Crippen LogP contribution in [0.2, 0.25) is 0 Å². The van der Waals surface area contributed by atoms with Crippen LogP contribution in [0, 0.1) is 5.92 Å². The number of nitrogens with zero attached hydrogens (tertiary/aromatic N) is 3. The van der Waals surface area contributed by atoms with Gasteiger partial charge in [0.05, 0.1) is 0 Å². The van der Waals surface area contributed by atoms with E-state index in [1.807, 2.05) is 28.9 Å². The highest BCUT2D eigenvalue weighted by Gasteiger charge is 2.40. The molecule has 2 bridgehead atoms. The van der Waals surface area contributed by atoms with Crippen LogP contribution in [0.15, 0.2) is 61.1 Å². The van der Waals surface area contributed by atoms with E-state index in [9.17, 15) is 4.79 Å². The summed E-state index contributed by atoms with van der Waals surface area (Å²) in [6.45, 7) is 1.01. The Morgan fingerprint density at radius 2 is 1.81 bits per heavy atom. The van der Waals surface area contributed by atoms with Crippen molar-refractivity contribution >= 4 is 11.4 Å². The van der Waals surface area contributed by atoms with Crippen molar-refractivity contribution in [3.05, 3.63) is 72.2 Å². The number of piperidine rings is 2. The second-order valence-corrected chi connectivity index (χ2v) is 8.04. The lowest BCUT2D eigenvalue weighted by molar-refractivity contribution is 0.00906. The van der Waals surface area contributed by atoms with Gasteiger partial charge in [-0.1, -0.05) is 36.8 Å². The number of hydrogen-bond acceptors (Lipinski definition) is 3. The molecule has 0 aliphatic carbocycles. The third kappa shape index (κ3) is 3.19. The molecule has 0 radical (unpaired) electrons. The van der Waals surface area contributed by atoms with E-state index in [-0.39, 0.29) is 5.92 Å². The van der Waals surface area contributed by atoms with Gasteiger partial charge in [-0.25, -0.2) is 4.98 Å². The van der Waals surface area contributed by atoms with Crippen LogP contribution < -0.4 is 0 Å². The van der Waals surface area contributed by atoms with E-state index in [1.165, 1.54) is 24.8 Å². The molecule has 2 aliphatic heterocycles. The van der Waals surface area contributed by atoms with Gasteiger partial charge in [-0.05, 0) is 43.4 Å². The Morgan fingerprint density at radius 3 is 2.59 bits per heavy atom. The van der Waals surface area contributed by atoms with E-state index in [0.717, 1.165) is 30.6 Å². The highest BCUT2D eigenvalue weighted by atomic mass is 16.1. The Morgan fingerprint density at radius 1 is 1.04 bits per heavy atom. The maximum atomic E-state index is 13.2. The fourth-order valence-electron chi connectivity index (χ4n) is 5.04. The lowest BCUT2D eigenvalue weighted by Crippen LogP contribution is -2.52. The van der Waals surface area contributed by atoms with Crippen molar-refractivity contribution in [1.82, 2.24) is 14.3 Å². The Balaban J connectivity index is 1.35. The topological polar surface area (TPSA) is 37.6 Å². The molecule has 0 N–H and O–H groups in total. The summed E-state index contributed by atoms with van der Waals surface area (Å²) in [5, 5.41) is 0. The minimum Gasteiger partial charge on any atom is -0.307 e. The quantitative estimate of drug-likeness (QED) is 0.650. The summed E-state index contributed by atoms with van der Waals surface area (Å²) in [6.07, 6.45) is 11.3. The molecule has 4 heterocycles. The van der Waals surface area contributed by atoms with E-state index in [4.69, 9.17) is 0 Å². The molecule has 1 aromatic carbocycles. The molecule has 2 saturated heterocycles. The van der Waals surface area contributed by atoms with Crippen LogP contribution in [0.1, 0.15) is 48.0 Å². The van der Waals surface area contributed by atoms with Crippen LogP contribution >= 0.6 is 0 Å². The predicted octanol–water partition coefficient (Wildman–Crippen LogP) is 4.35. The lowest BCUT2D eigenvalue weighted by Gasteiger charge is -2.48. The van der Waals surface area contributed by atoms with Gasteiger partial charge in [0, 0.05) is 48.7 Å². The van der Waals surface area contributed by atoms with Crippen LogP contribution in [0.5, 0.6) is 0 Å². The van der Waals surface area contributed by atoms with Gasteiger partial charge in [0.15, 0.2) is 5.78 Å². The number of carbonyl (C=O) groups is 1. The molecule has 4 heteroatoms. The van der Waals surface area contributed by atoms with Gasteiger partial charge in [-0.2, -0.15) is 0 Å². The number of carbonyl (C=O) groups excluding carboxylic acids is 1. The van der Waals surface area contributed by atoms with Crippen molar-refractivity contribution in [2.24, 2.45) is 5.92 Å². The van der Waals surface area contributed by atoms with Gasteiger partial charge in [0.1, 0.15) is 5.65 Å². The predicted molar refractivity (Wildman–Crippen MR) is 106 cm³/mol. The highest BCUT2D eigenvalue weighted by molar-refractivity contribution is 5.98. The van der Waals surface area contributed by atoms with Gasteiger partial charge in [-0.3, -0.25) is 9.69 Å². The van der Waals surface area contributed by atoms with E-state index in [0.29, 0.717) is 17.9 Å². The molecule has 27 heavy (non-hydrogen) atoms. The molecule has 0 spiro atoms. The molecule has 0 saturated carbocycles. The zero-order valence-electron chi connectivity index (χ0n) is 15.5. The van der Waals surface area contributed by atoms with Crippen molar-refractivity contribution < 1.29 is 4.79 Å². The SMILES string of the molecule is O=C(c1ccn2ccnc2c1)C1CC2CCCC(C1)N2Cc1ccccc1. The molecule has 2 atom stereocenters. The van der Waals surface area contributed by atoms with E-state index < -0.39 is 0 Å². The first-order valence-electron chi connectivity index (χ1n) is 10.0. The molecule has 3 aromatic rings. The largest absolute Gasteiger partial charge is 0.307 e. The van der Waals surface area contributed by atoms with Crippen LogP contribution in [0.25, 0.3) is 5.65 Å². The highest BCUT2D eigenvalue weighted by Crippen LogP contribution is 2.39. The normalized spacial score (nSPS) is 25.6. The number of rotatable bonds is 4. The summed E-state index contributed by atoms with van der Waals surface area (Å²) in [6, 6.07) is 15.7. The van der Waals surface area contributed by atoms with Crippen molar-refractivity contribution in [2.45, 2.75) is 50.7 Å². The minimum absolute atomic E-state index is 0.143. The number of hydrogen-bond donors (Lipinski definition) is 0. The monoisotopic (exact) mass is 359 g/mol. The first-order chi connectivity index (χ1) is 13.3. The fraction of sp³-hybridized carbons (Fsp3) is 0.391. The molecule has 4 nitrogen and oxygen atoms in total. The van der Waals surface area contributed by atoms with Gasteiger partial charge in [0.25, 0.3) is 0 Å². The number of imidazole rings is 1. The van der Waals surface area contributed by atoms with Crippen LogP contribution in [0.3, 0.4) is 0 Å². The number of fused-ring (bicyclic) bond motifs is 3. The van der Waals surface area contributed by atoms with Crippen LogP contribution in [0.4, 0.5) is 0 Å². The summed E-state index contributed by atoms with van der Waals surface area (Å²) in [4.78, 5) is 20.2. The zero-order chi connectivity index (χ0) is 18.2. The minimum atomic E-state index is 0.143. The number of ketones is 1. The van der Waals surface area contributed by atoms with Gasteiger partial charge < -0.3 is 4.40 Å². The number of aromatic nitrogens is 2. The lowest BCUT2D eigenvalue weighted by atomic mass is 9.75. The first-order valence-corrected chi connectivity index (χ1v) is 10.0.